The van der Waals surface area contributed by atoms with Crippen LogP contribution in [0.4, 0.5) is 0 Å². The molecule has 108 valence electrons. The van der Waals surface area contributed by atoms with E-state index in [0.29, 0.717) is 19.0 Å². The van der Waals surface area contributed by atoms with E-state index >= 15 is 0 Å². The van der Waals surface area contributed by atoms with Gasteiger partial charge in [0.2, 0.25) is 15.9 Å². The normalized spacial score (nSPS) is 20.0. The standard InChI is InChI=1S/C11H17N3O3S.ClH/c1-17-11-5-4-10(8-13-11)18(15,16)14-6-2-3-9(14)7-12;/h4-5,8-9H,2-3,6-7,12H2,1H3;1H. The third-order valence-corrected chi connectivity index (χ3v) is 5.06. The van der Waals surface area contributed by atoms with E-state index in [1.807, 2.05) is 0 Å². The minimum absolute atomic E-state index is 0. The summed E-state index contributed by atoms with van der Waals surface area (Å²) in [5.41, 5.74) is 5.60. The second-order valence-corrected chi connectivity index (χ2v) is 6.07. The summed E-state index contributed by atoms with van der Waals surface area (Å²) in [5.74, 6) is 0.394. The molecular formula is C11H18ClN3O3S. The summed E-state index contributed by atoms with van der Waals surface area (Å²) in [6.45, 7) is 0.874. The van der Waals surface area contributed by atoms with E-state index in [1.165, 1.54) is 23.7 Å². The molecule has 2 heterocycles. The van der Waals surface area contributed by atoms with Crippen LogP contribution < -0.4 is 10.5 Å². The van der Waals surface area contributed by atoms with Gasteiger partial charge in [0, 0.05) is 25.2 Å². The Balaban J connectivity index is 0.00000180. The van der Waals surface area contributed by atoms with E-state index in [4.69, 9.17) is 10.5 Å². The zero-order valence-corrected chi connectivity index (χ0v) is 12.3. The topological polar surface area (TPSA) is 85.5 Å². The van der Waals surface area contributed by atoms with Gasteiger partial charge in [0.25, 0.3) is 0 Å². The number of ether oxygens (including phenoxy) is 1. The Morgan fingerprint density at radius 1 is 1.53 bits per heavy atom. The van der Waals surface area contributed by atoms with Gasteiger partial charge >= 0.3 is 0 Å². The fourth-order valence-electron chi connectivity index (χ4n) is 2.14. The van der Waals surface area contributed by atoms with E-state index < -0.39 is 10.0 Å². The SMILES string of the molecule is COc1ccc(S(=O)(=O)N2CCCC2CN)cn1.Cl. The summed E-state index contributed by atoms with van der Waals surface area (Å²) in [4.78, 5) is 4.11. The first-order valence-corrected chi connectivity index (χ1v) is 7.25. The molecule has 6 nitrogen and oxygen atoms in total. The van der Waals surface area contributed by atoms with Gasteiger partial charge in [0.15, 0.2) is 0 Å². The predicted molar refractivity (Wildman–Crippen MR) is 74.0 cm³/mol. The summed E-state index contributed by atoms with van der Waals surface area (Å²) in [6, 6.07) is 2.95. The number of halogens is 1. The van der Waals surface area contributed by atoms with Crippen LogP contribution in [0.15, 0.2) is 23.2 Å². The van der Waals surface area contributed by atoms with Crippen molar-refractivity contribution in [2.24, 2.45) is 5.73 Å². The molecule has 2 rings (SSSR count). The smallest absolute Gasteiger partial charge is 0.244 e. The van der Waals surface area contributed by atoms with Gasteiger partial charge in [-0.25, -0.2) is 13.4 Å². The van der Waals surface area contributed by atoms with Gasteiger partial charge in [0.05, 0.1) is 13.3 Å². The highest BCUT2D eigenvalue weighted by Gasteiger charge is 2.34. The third kappa shape index (κ3) is 3.17. The molecule has 1 saturated heterocycles. The first-order valence-electron chi connectivity index (χ1n) is 5.81. The van der Waals surface area contributed by atoms with Crippen LogP contribution in [-0.2, 0) is 10.0 Å². The van der Waals surface area contributed by atoms with Crippen molar-refractivity contribution >= 4 is 22.4 Å². The number of aromatic nitrogens is 1. The van der Waals surface area contributed by atoms with Crippen LogP contribution in [0.5, 0.6) is 5.88 Å². The molecule has 8 heteroatoms. The number of rotatable bonds is 4. The summed E-state index contributed by atoms with van der Waals surface area (Å²) in [5, 5.41) is 0. The van der Waals surface area contributed by atoms with Crippen molar-refractivity contribution in [1.82, 2.24) is 9.29 Å². The van der Waals surface area contributed by atoms with Crippen molar-refractivity contribution < 1.29 is 13.2 Å². The van der Waals surface area contributed by atoms with Gasteiger partial charge in [-0.05, 0) is 18.9 Å². The molecule has 1 aromatic rings. The highest BCUT2D eigenvalue weighted by molar-refractivity contribution is 7.89. The largest absolute Gasteiger partial charge is 0.481 e. The molecule has 1 unspecified atom stereocenters. The Hall–Kier alpha value is -0.890. The maximum Gasteiger partial charge on any atom is 0.244 e. The average molecular weight is 308 g/mol. The van der Waals surface area contributed by atoms with Crippen molar-refractivity contribution in [2.45, 2.75) is 23.8 Å². The number of hydrogen-bond donors (Lipinski definition) is 1. The van der Waals surface area contributed by atoms with Crippen LogP contribution in [0.1, 0.15) is 12.8 Å². The van der Waals surface area contributed by atoms with E-state index in [1.54, 1.807) is 6.07 Å². The zero-order valence-electron chi connectivity index (χ0n) is 10.7. The monoisotopic (exact) mass is 307 g/mol. The maximum atomic E-state index is 12.4. The highest BCUT2D eigenvalue weighted by Crippen LogP contribution is 2.25. The number of sulfonamides is 1. The predicted octanol–water partition coefficient (Wildman–Crippen LogP) is 0.624. The van der Waals surface area contributed by atoms with Crippen LogP contribution in [0.2, 0.25) is 0 Å². The maximum absolute atomic E-state index is 12.4. The lowest BCUT2D eigenvalue weighted by Crippen LogP contribution is -2.39. The molecule has 1 aromatic heterocycles. The van der Waals surface area contributed by atoms with Crippen LogP contribution in [0, 0.1) is 0 Å². The number of methoxy groups -OCH3 is 1. The molecular weight excluding hydrogens is 290 g/mol. The number of nitrogens with zero attached hydrogens (tertiary/aromatic N) is 2. The molecule has 0 spiro atoms. The fourth-order valence-corrected chi connectivity index (χ4v) is 3.79. The minimum atomic E-state index is -3.49. The van der Waals surface area contributed by atoms with Crippen LogP contribution >= 0.6 is 12.4 Å². The molecule has 0 radical (unpaired) electrons. The van der Waals surface area contributed by atoms with Gasteiger partial charge < -0.3 is 10.5 Å². The molecule has 0 bridgehead atoms. The van der Waals surface area contributed by atoms with E-state index in [9.17, 15) is 8.42 Å². The molecule has 1 aliphatic rings. The number of nitrogens with two attached hydrogens (primary N) is 1. The van der Waals surface area contributed by atoms with Gasteiger partial charge in [-0.15, -0.1) is 12.4 Å². The van der Waals surface area contributed by atoms with Crippen molar-refractivity contribution in [1.29, 1.82) is 0 Å². The Morgan fingerprint density at radius 2 is 2.26 bits per heavy atom. The second-order valence-electron chi connectivity index (χ2n) is 4.18. The molecule has 19 heavy (non-hydrogen) atoms. The molecule has 1 fully saturated rings. The lowest BCUT2D eigenvalue weighted by atomic mass is 10.2. The van der Waals surface area contributed by atoms with Crippen molar-refractivity contribution in [3.63, 3.8) is 0 Å². The zero-order chi connectivity index (χ0) is 13.2. The first-order chi connectivity index (χ1) is 8.59. The van der Waals surface area contributed by atoms with Crippen molar-refractivity contribution in [3.05, 3.63) is 18.3 Å². The second kappa shape index (κ2) is 6.51. The van der Waals surface area contributed by atoms with E-state index in [0.717, 1.165) is 12.8 Å². The Labute approximate surface area is 119 Å². The lowest BCUT2D eigenvalue weighted by Gasteiger charge is -2.22. The Kier molecular flexibility index (Phi) is 5.54. The van der Waals surface area contributed by atoms with Crippen molar-refractivity contribution in [2.75, 3.05) is 20.2 Å². The van der Waals surface area contributed by atoms with E-state index in [2.05, 4.69) is 4.98 Å². The number of hydrogen-bond acceptors (Lipinski definition) is 5. The Bertz CT molecular complexity index is 506. The first kappa shape index (κ1) is 16.2. The molecule has 0 aromatic carbocycles. The van der Waals surface area contributed by atoms with Gasteiger partial charge in [-0.3, -0.25) is 0 Å². The highest BCUT2D eigenvalue weighted by atomic mass is 35.5. The van der Waals surface area contributed by atoms with E-state index in [-0.39, 0.29) is 23.3 Å². The molecule has 2 N–H and O–H groups in total. The summed E-state index contributed by atoms with van der Waals surface area (Å²) in [6.07, 6.45) is 2.99. The molecule has 0 aliphatic carbocycles. The van der Waals surface area contributed by atoms with Crippen molar-refractivity contribution in [3.8, 4) is 5.88 Å². The van der Waals surface area contributed by atoms with Gasteiger partial charge in [-0.2, -0.15) is 4.31 Å². The van der Waals surface area contributed by atoms with Crippen LogP contribution in [0.3, 0.4) is 0 Å². The van der Waals surface area contributed by atoms with Crippen LogP contribution in [-0.4, -0.2) is 43.9 Å². The molecule has 1 aliphatic heterocycles. The Morgan fingerprint density at radius 3 is 2.79 bits per heavy atom. The number of pyridine rings is 1. The van der Waals surface area contributed by atoms with Gasteiger partial charge in [-0.1, -0.05) is 0 Å². The summed E-state index contributed by atoms with van der Waals surface area (Å²) >= 11 is 0. The van der Waals surface area contributed by atoms with Crippen LogP contribution in [0.25, 0.3) is 0 Å². The fraction of sp³-hybridized carbons (Fsp3) is 0.545. The molecule has 1 atom stereocenters. The third-order valence-electron chi connectivity index (χ3n) is 3.12. The van der Waals surface area contributed by atoms with Gasteiger partial charge in [0.1, 0.15) is 4.90 Å². The average Bonchev–Trinajstić information content (AvgIpc) is 2.88. The minimum Gasteiger partial charge on any atom is -0.481 e. The quantitative estimate of drug-likeness (QED) is 0.881. The summed E-state index contributed by atoms with van der Waals surface area (Å²) in [7, 11) is -2.00. The molecule has 0 amide bonds. The lowest BCUT2D eigenvalue weighted by molar-refractivity contribution is 0.390. The molecule has 0 saturated carbocycles. The summed E-state index contributed by atoms with van der Waals surface area (Å²) < 4.78 is 31.2.